The van der Waals surface area contributed by atoms with Crippen molar-refractivity contribution in [1.82, 2.24) is 0 Å². The maximum atomic E-state index is 9.59. The number of hydrogen-bond acceptors (Lipinski definition) is 2. The van der Waals surface area contributed by atoms with E-state index in [0.717, 1.165) is 15.6 Å². The van der Waals surface area contributed by atoms with Crippen molar-refractivity contribution in [2.45, 2.75) is 5.33 Å². The molecule has 2 aromatic rings. The Morgan fingerprint density at radius 1 is 1.46 bits per heavy atom. The molecule has 68 valence electrons. The van der Waals surface area contributed by atoms with E-state index in [0.29, 0.717) is 15.4 Å². The summed E-state index contributed by atoms with van der Waals surface area (Å²) in [6.45, 7) is 0. The van der Waals surface area contributed by atoms with Gasteiger partial charge in [0.05, 0.1) is 9.72 Å². The third-order valence-electron chi connectivity index (χ3n) is 1.88. The molecule has 0 fully saturated rings. The van der Waals surface area contributed by atoms with Gasteiger partial charge in [0.15, 0.2) is 5.06 Å². The fourth-order valence-corrected chi connectivity index (χ4v) is 3.26. The van der Waals surface area contributed by atoms with Crippen LogP contribution in [0.25, 0.3) is 10.1 Å². The smallest absolute Gasteiger partial charge is 0.176 e. The summed E-state index contributed by atoms with van der Waals surface area (Å²) in [5.41, 5.74) is 0.919. The Labute approximate surface area is 93.1 Å². The lowest BCUT2D eigenvalue weighted by Crippen LogP contribution is -1.73. The summed E-state index contributed by atoms with van der Waals surface area (Å²) in [5.74, 6) is 0. The molecule has 0 amide bonds. The lowest BCUT2D eigenvalue weighted by Gasteiger charge is -1.94. The van der Waals surface area contributed by atoms with Gasteiger partial charge in [0, 0.05) is 16.3 Å². The standard InChI is InChI=1S/C9H6BrClOS/c10-4-6-5-2-1-3-7(11)8(5)13-9(6)12/h1-3,12H,4H2. The van der Waals surface area contributed by atoms with E-state index in [4.69, 9.17) is 11.6 Å². The first-order chi connectivity index (χ1) is 6.24. The van der Waals surface area contributed by atoms with Gasteiger partial charge in [-0.05, 0) is 6.07 Å². The molecule has 0 aliphatic rings. The molecule has 1 aromatic heterocycles. The Hall–Kier alpha value is -0.250. The van der Waals surface area contributed by atoms with Gasteiger partial charge in [-0.15, -0.1) is 0 Å². The van der Waals surface area contributed by atoms with Crippen LogP contribution in [-0.2, 0) is 5.33 Å². The SMILES string of the molecule is Oc1sc2c(Cl)cccc2c1CBr. The molecule has 13 heavy (non-hydrogen) atoms. The molecule has 0 radical (unpaired) electrons. The highest BCUT2D eigenvalue weighted by atomic mass is 79.9. The monoisotopic (exact) mass is 276 g/mol. The number of thiophene rings is 1. The average molecular weight is 278 g/mol. The summed E-state index contributed by atoms with van der Waals surface area (Å²) < 4.78 is 0.955. The lowest BCUT2D eigenvalue weighted by atomic mass is 10.2. The van der Waals surface area contributed by atoms with Crippen molar-refractivity contribution in [3.8, 4) is 5.06 Å². The molecule has 0 spiro atoms. The normalized spacial score (nSPS) is 10.9. The van der Waals surface area contributed by atoms with E-state index in [9.17, 15) is 5.11 Å². The van der Waals surface area contributed by atoms with Gasteiger partial charge < -0.3 is 5.11 Å². The molecule has 1 heterocycles. The summed E-state index contributed by atoms with van der Waals surface area (Å²) in [6, 6.07) is 5.69. The summed E-state index contributed by atoms with van der Waals surface area (Å²) in [4.78, 5) is 0. The van der Waals surface area contributed by atoms with E-state index >= 15 is 0 Å². The maximum Gasteiger partial charge on any atom is 0.176 e. The number of aromatic hydroxyl groups is 1. The second-order valence-corrected chi connectivity index (χ2v) is 4.60. The Balaban J connectivity index is 2.86. The number of rotatable bonds is 1. The van der Waals surface area contributed by atoms with Crippen LogP contribution >= 0.6 is 38.9 Å². The highest BCUT2D eigenvalue weighted by Gasteiger charge is 2.11. The van der Waals surface area contributed by atoms with Crippen LogP contribution in [0.3, 0.4) is 0 Å². The number of hydrogen-bond donors (Lipinski definition) is 1. The minimum atomic E-state index is 0.347. The summed E-state index contributed by atoms with van der Waals surface area (Å²) in [5, 5.41) is 12.3. The van der Waals surface area contributed by atoms with Crippen molar-refractivity contribution in [2.24, 2.45) is 0 Å². The zero-order valence-electron chi connectivity index (χ0n) is 6.55. The first-order valence-electron chi connectivity index (χ1n) is 3.69. The molecule has 0 atom stereocenters. The Morgan fingerprint density at radius 3 is 2.92 bits per heavy atom. The number of fused-ring (bicyclic) bond motifs is 1. The second kappa shape index (κ2) is 3.48. The van der Waals surface area contributed by atoms with Crippen LogP contribution in [0, 0.1) is 0 Å². The molecule has 0 saturated heterocycles. The van der Waals surface area contributed by atoms with Crippen molar-refractivity contribution in [2.75, 3.05) is 0 Å². The molecule has 2 rings (SSSR count). The Morgan fingerprint density at radius 2 is 2.23 bits per heavy atom. The predicted molar refractivity (Wildman–Crippen MR) is 61.1 cm³/mol. The molecular weight excluding hydrogens is 272 g/mol. The van der Waals surface area contributed by atoms with Crippen LogP contribution in [0.2, 0.25) is 5.02 Å². The lowest BCUT2D eigenvalue weighted by molar-refractivity contribution is 0.487. The third-order valence-corrected chi connectivity index (χ3v) is 3.95. The number of halogens is 2. The molecule has 0 aliphatic heterocycles. The van der Waals surface area contributed by atoms with Gasteiger partial charge in [0.2, 0.25) is 0 Å². The number of alkyl halides is 1. The van der Waals surface area contributed by atoms with E-state index in [-0.39, 0.29) is 0 Å². The molecule has 1 nitrogen and oxygen atoms in total. The van der Waals surface area contributed by atoms with Crippen LogP contribution < -0.4 is 0 Å². The van der Waals surface area contributed by atoms with Crippen molar-refractivity contribution < 1.29 is 5.11 Å². The molecule has 0 saturated carbocycles. The average Bonchev–Trinajstić information content (AvgIpc) is 2.43. The Kier molecular flexibility index (Phi) is 2.49. The van der Waals surface area contributed by atoms with Crippen LogP contribution in [0.15, 0.2) is 18.2 Å². The van der Waals surface area contributed by atoms with E-state index in [1.54, 1.807) is 0 Å². The first kappa shape index (κ1) is 9.31. The number of benzene rings is 1. The molecule has 4 heteroatoms. The summed E-state index contributed by atoms with van der Waals surface area (Å²) in [7, 11) is 0. The van der Waals surface area contributed by atoms with E-state index in [1.165, 1.54) is 11.3 Å². The summed E-state index contributed by atoms with van der Waals surface area (Å²) in [6.07, 6.45) is 0. The quantitative estimate of drug-likeness (QED) is 0.776. The van der Waals surface area contributed by atoms with Crippen molar-refractivity contribution >= 4 is 49.0 Å². The largest absolute Gasteiger partial charge is 0.499 e. The van der Waals surface area contributed by atoms with E-state index in [2.05, 4.69) is 15.9 Å². The van der Waals surface area contributed by atoms with E-state index in [1.807, 2.05) is 18.2 Å². The molecule has 0 aliphatic carbocycles. The van der Waals surface area contributed by atoms with E-state index < -0.39 is 0 Å². The van der Waals surface area contributed by atoms with Gasteiger partial charge >= 0.3 is 0 Å². The minimum absolute atomic E-state index is 0.347. The van der Waals surface area contributed by atoms with Gasteiger partial charge in [-0.1, -0.05) is 51.0 Å². The van der Waals surface area contributed by atoms with Gasteiger partial charge in [0.25, 0.3) is 0 Å². The molecule has 1 aromatic carbocycles. The van der Waals surface area contributed by atoms with Crippen LogP contribution in [0.4, 0.5) is 0 Å². The maximum absolute atomic E-state index is 9.59. The summed E-state index contributed by atoms with van der Waals surface area (Å²) >= 11 is 10.6. The molecule has 0 bridgehead atoms. The predicted octanol–water partition coefficient (Wildman–Crippen LogP) is 4.16. The van der Waals surface area contributed by atoms with Crippen molar-refractivity contribution in [1.29, 1.82) is 0 Å². The fraction of sp³-hybridized carbons (Fsp3) is 0.111. The minimum Gasteiger partial charge on any atom is -0.499 e. The zero-order valence-corrected chi connectivity index (χ0v) is 9.71. The molecule has 0 unspecified atom stereocenters. The Bertz CT molecular complexity index is 452. The third kappa shape index (κ3) is 1.45. The second-order valence-electron chi connectivity index (χ2n) is 2.64. The van der Waals surface area contributed by atoms with Crippen molar-refractivity contribution in [3.63, 3.8) is 0 Å². The zero-order chi connectivity index (χ0) is 9.42. The highest BCUT2D eigenvalue weighted by molar-refractivity contribution is 9.08. The topological polar surface area (TPSA) is 20.2 Å². The van der Waals surface area contributed by atoms with Gasteiger partial charge in [-0.25, -0.2) is 0 Å². The van der Waals surface area contributed by atoms with Crippen molar-refractivity contribution in [3.05, 3.63) is 28.8 Å². The van der Waals surface area contributed by atoms with Crippen LogP contribution in [-0.4, -0.2) is 5.11 Å². The van der Waals surface area contributed by atoms with Crippen LogP contribution in [0.1, 0.15) is 5.56 Å². The van der Waals surface area contributed by atoms with Gasteiger partial charge in [0.1, 0.15) is 0 Å². The van der Waals surface area contributed by atoms with Crippen LogP contribution in [0.5, 0.6) is 5.06 Å². The molecular formula is C9H6BrClOS. The van der Waals surface area contributed by atoms with Gasteiger partial charge in [-0.2, -0.15) is 0 Å². The first-order valence-corrected chi connectivity index (χ1v) is 6.00. The fourth-order valence-electron chi connectivity index (χ4n) is 1.25. The highest BCUT2D eigenvalue weighted by Crippen LogP contribution is 2.40. The molecule has 1 N–H and O–H groups in total. The van der Waals surface area contributed by atoms with Gasteiger partial charge in [-0.3, -0.25) is 0 Å².